The summed E-state index contributed by atoms with van der Waals surface area (Å²) in [7, 11) is 0. The van der Waals surface area contributed by atoms with Crippen LogP contribution < -0.4 is 4.90 Å². The van der Waals surface area contributed by atoms with Crippen LogP contribution >= 0.6 is 11.6 Å². The van der Waals surface area contributed by atoms with Crippen molar-refractivity contribution < 1.29 is 9.59 Å². The molecule has 0 unspecified atom stereocenters. The van der Waals surface area contributed by atoms with Crippen molar-refractivity contribution in [1.29, 1.82) is 0 Å². The summed E-state index contributed by atoms with van der Waals surface area (Å²) in [5.74, 6) is 1.43. The minimum Gasteiger partial charge on any atom is -0.353 e. The van der Waals surface area contributed by atoms with E-state index in [0.29, 0.717) is 29.7 Å². The molecule has 1 spiro atoms. The molecule has 2 amide bonds. The lowest BCUT2D eigenvalue weighted by Gasteiger charge is -2.37. The predicted octanol–water partition coefficient (Wildman–Crippen LogP) is 4.12. The summed E-state index contributed by atoms with van der Waals surface area (Å²) < 4.78 is 0. The number of carbonyl (C=O) groups is 2. The van der Waals surface area contributed by atoms with Crippen LogP contribution in [0.15, 0.2) is 42.6 Å². The first-order valence-corrected chi connectivity index (χ1v) is 12.8. The van der Waals surface area contributed by atoms with Crippen molar-refractivity contribution in [3.8, 4) is 0 Å². The van der Waals surface area contributed by atoms with E-state index in [1.165, 1.54) is 0 Å². The standard InChI is InChI=1S/C27H30ClN5O2/c1-18-20-16-19(28)5-6-22(20)30-24(18)26(35)32-10-7-27(8-11-32)17-21(27)25(34)33-14-12-31(13-15-33)23-4-2-3-9-29-23/h2-6,9,16,21,30H,7-8,10-15,17H2,1H3/t21-/m1/s1. The van der Waals surface area contributed by atoms with Crippen molar-refractivity contribution in [2.45, 2.75) is 26.2 Å². The van der Waals surface area contributed by atoms with Crippen molar-refractivity contribution >= 4 is 40.1 Å². The van der Waals surface area contributed by atoms with Gasteiger partial charge in [-0.2, -0.15) is 0 Å². The molecule has 4 heterocycles. The van der Waals surface area contributed by atoms with Gasteiger partial charge in [0.25, 0.3) is 5.91 Å². The molecule has 1 aromatic carbocycles. The molecule has 2 aromatic heterocycles. The Morgan fingerprint density at radius 2 is 1.80 bits per heavy atom. The molecule has 2 saturated heterocycles. The highest BCUT2D eigenvalue weighted by atomic mass is 35.5. The maximum Gasteiger partial charge on any atom is 0.270 e. The molecular formula is C27H30ClN5O2. The second kappa shape index (κ2) is 8.55. The Morgan fingerprint density at radius 1 is 1.03 bits per heavy atom. The number of nitrogens with one attached hydrogen (secondary N) is 1. The van der Waals surface area contributed by atoms with Crippen LogP contribution in [-0.4, -0.2) is 70.9 Å². The van der Waals surface area contributed by atoms with E-state index in [0.717, 1.165) is 67.7 Å². The molecule has 3 fully saturated rings. The lowest BCUT2D eigenvalue weighted by atomic mass is 9.90. The number of benzene rings is 1. The maximum atomic E-state index is 13.3. The number of halogens is 1. The van der Waals surface area contributed by atoms with E-state index in [2.05, 4.69) is 14.9 Å². The van der Waals surface area contributed by atoms with Gasteiger partial charge in [0.05, 0.1) is 0 Å². The van der Waals surface area contributed by atoms with E-state index in [4.69, 9.17) is 11.6 Å². The van der Waals surface area contributed by atoms with Crippen LogP contribution in [0.3, 0.4) is 0 Å². The third-order valence-electron chi connectivity index (χ3n) is 8.33. The topological polar surface area (TPSA) is 72.5 Å². The molecule has 1 saturated carbocycles. The first-order valence-electron chi connectivity index (χ1n) is 12.5. The summed E-state index contributed by atoms with van der Waals surface area (Å²) in [4.78, 5) is 40.5. The van der Waals surface area contributed by atoms with Crippen LogP contribution in [0.25, 0.3) is 10.9 Å². The van der Waals surface area contributed by atoms with Crippen LogP contribution in [0.5, 0.6) is 0 Å². The maximum absolute atomic E-state index is 13.3. The minimum absolute atomic E-state index is 0.0406. The molecule has 2 aliphatic heterocycles. The van der Waals surface area contributed by atoms with E-state index in [9.17, 15) is 9.59 Å². The Kier molecular flexibility index (Phi) is 5.48. The summed E-state index contributed by atoms with van der Waals surface area (Å²) in [6.07, 6.45) is 4.56. The number of amides is 2. The molecule has 3 aromatic rings. The number of aryl methyl sites for hydroxylation is 1. The molecule has 182 valence electrons. The first kappa shape index (κ1) is 22.4. The van der Waals surface area contributed by atoms with Crippen LogP contribution in [0, 0.1) is 18.3 Å². The Balaban J connectivity index is 1.05. The summed E-state index contributed by atoms with van der Waals surface area (Å²) in [6.45, 7) is 6.50. The highest BCUT2D eigenvalue weighted by Gasteiger charge is 2.59. The van der Waals surface area contributed by atoms with E-state index in [1.54, 1.807) is 0 Å². The van der Waals surface area contributed by atoms with Gasteiger partial charge in [0, 0.05) is 67.3 Å². The van der Waals surface area contributed by atoms with Crippen molar-refractivity contribution in [1.82, 2.24) is 19.8 Å². The number of likely N-dealkylation sites (tertiary alicyclic amines) is 1. The lowest BCUT2D eigenvalue weighted by Crippen LogP contribution is -2.50. The Morgan fingerprint density at radius 3 is 2.51 bits per heavy atom. The van der Waals surface area contributed by atoms with Gasteiger partial charge in [0.15, 0.2) is 0 Å². The number of hydrogen-bond acceptors (Lipinski definition) is 4. The molecule has 35 heavy (non-hydrogen) atoms. The van der Waals surface area contributed by atoms with Gasteiger partial charge in [0.2, 0.25) is 5.91 Å². The largest absolute Gasteiger partial charge is 0.353 e. The Labute approximate surface area is 210 Å². The number of aromatic nitrogens is 2. The highest BCUT2D eigenvalue weighted by molar-refractivity contribution is 6.31. The molecule has 6 rings (SSSR count). The van der Waals surface area contributed by atoms with Gasteiger partial charge in [-0.05, 0) is 67.5 Å². The number of piperazine rings is 1. The van der Waals surface area contributed by atoms with Gasteiger partial charge < -0.3 is 19.7 Å². The van der Waals surface area contributed by atoms with Crippen LogP contribution in [0.1, 0.15) is 35.3 Å². The molecule has 0 radical (unpaired) electrons. The number of hydrogen-bond donors (Lipinski definition) is 1. The third kappa shape index (κ3) is 3.96. The smallest absolute Gasteiger partial charge is 0.270 e. The summed E-state index contributed by atoms with van der Waals surface area (Å²) in [5.41, 5.74) is 2.60. The fourth-order valence-corrected chi connectivity index (χ4v) is 6.16. The third-order valence-corrected chi connectivity index (χ3v) is 8.57. The molecule has 0 bridgehead atoms. The zero-order valence-corrected chi connectivity index (χ0v) is 20.7. The second-order valence-electron chi connectivity index (χ2n) is 10.2. The van der Waals surface area contributed by atoms with Gasteiger partial charge in [-0.25, -0.2) is 4.98 Å². The van der Waals surface area contributed by atoms with E-state index in [-0.39, 0.29) is 17.2 Å². The molecule has 1 aliphatic carbocycles. The van der Waals surface area contributed by atoms with Crippen molar-refractivity contribution in [3.05, 3.63) is 58.9 Å². The molecule has 1 N–H and O–H groups in total. The van der Waals surface area contributed by atoms with Gasteiger partial charge in [-0.15, -0.1) is 0 Å². The average Bonchev–Trinajstić information content (AvgIpc) is 3.50. The van der Waals surface area contributed by atoms with Crippen molar-refractivity contribution in [2.75, 3.05) is 44.2 Å². The normalized spacial score (nSPS) is 21.5. The van der Waals surface area contributed by atoms with Crippen molar-refractivity contribution in [2.24, 2.45) is 11.3 Å². The SMILES string of the molecule is Cc1c(C(=O)N2CCC3(CC2)C[C@@H]3C(=O)N2CCN(c3ccccn3)CC2)[nH]c2ccc(Cl)cc12. The van der Waals surface area contributed by atoms with E-state index >= 15 is 0 Å². The fraction of sp³-hybridized carbons (Fsp3) is 0.444. The van der Waals surface area contributed by atoms with Crippen LogP contribution in [0.2, 0.25) is 5.02 Å². The summed E-state index contributed by atoms with van der Waals surface area (Å²) >= 11 is 6.15. The molecule has 8 heteroatoms. The Bertz CT molecular complexity index is 1270. The quantitative estimate of drug-likeness (QED) is 0.598. The van der Waals surface area contributed by atoms with Gasteiger partial charge >= 0.3 is 0 Å². The molecule has 3 aliphatic rings. The number of aromatic amines is 1. The van der Waals surface area contributed by atoms with Gasteiger partial charge in [0.1, 0.15) is 11.5 Å². The number of nitrogens with zero attached hydrogens (tertiary/aromatic N) is 4. The molecular weight excluding hydrogens is 462 g/mol. The number of anilines is 1. The zero-order chi connectivity index (χ0) is 24.2. The second-order valence-corrected chi connectivity index (χ2v) is 10.7. The van der Waals surface area contributed by atoms with Gasteiger partial charge in [-0.3, -0.25) is 9.59 Å². The number of pyridine rings is 1. The van der Waals surface area contributed by atoms with Crippen LogP contribution in [-0.2, 0) is 4.79 Å². The number of H-pyrrole nitrogens is 1. The monoisotopic (exact) mass is 491 g/mol. The number of rotatable bonds is 3. The van der Waals surface area contributed by atoms with E-state index < -0.39 is 0 Å². The van der Waals surface area contributed by atoms with Crippen molar-refractivity contribution in [3.63, 3.8) is 0 Å². The molecule has 1 atom stereocenters. The van der Waals surface area contributed by atoms with Crippen LogP contribution in [0.4, 0.5) is 5.82 Å². The summed E-state index contributed by atoms with van der Waals surface area (Å²) in [5, 5.41) is 1.66. The number of carbonyl (C=O) groups excluding carboxylic acids is 2. The lowest BCUT2D eigenvalue weighted by molar-refractivity contribution is -0.134. The minimum atomic E-state index is 0.0406. The number of fused-ring (bicyclic) bond motifs is 1. The van der Waals surface area contributed by atoms with Gasteiger partial charge in [-0.1, -0.05) is 17.7 Å². The predicted molar refractivity (Wildman–Crippen MR) is 137 cm³/mol. The first-order chi connectivity index (χ1) is 16.9. The number of piperidine rings is 1. The zero-order valence-electron chi connectivity index (χ0n) is 20.0. The summed E-state index contributed by atoms with van der Waals surface area (Å²) in [6, 6.07) is 11.6. The Hall–Kier alpha value is -3.06. The van der Waals surface area contributed by atoms with E-state index in [1.807, 2.05) is 59.3 Å². The average molecular weight is 492 g/mol. The highest BCUT2D eigenvalue weighted by Crippen LogP contribution is 2.60. The fourth-order valence-electron chi connectivity index (χ4n) is 5.99. The molecule has 7 nitrogen and oxygen atoms in total.